The summed E-state index contributed by atoms with van der Waals surface area (Å²) in [6, 6.07) is 9.42. The van der Waals surface area contributed by atoms with Crippen LogP contribution < -0.4 is 10.4 Å². The highest BCUT2D eigenvalue weighted by molar-refractivity contribution is 5.37. The molecule has 0 saturated heterocycles. The van der Waals surface area contributed by atoms with Gasteiger partial charge in [0.05, 0.1) is 18.3 Å². The zero-order valence-electron chi connectivity index (χ0n) is 17.3. The summed E-state index contributed by atoms with van der Waals surface area (Å²) in [5, 5.41) is 20.8. The molecule has 0 spiro atoms. The van der Waals surface area contributed by atoms with Gasteiger partial charge in [0.15, 0.2) is 6.61 Å². The summed E-state index contributed by atoms with van der Waals surface area (Å²) in [4.78, 5) is 12.9. The molecule has 3 rings (SSSR count). The Morgan fingerprint density at radius 3 is 2.27 bits per heavy atom. The number of hydrogen-bond acceptors (Lipinski definition) is 4. The van der Waals surface area contributed by atoms with Crippen LogP contribution in [0, 0.1) is 5.82 Å². The first kappa shape index (κ1) is 24.5. The molecule has 0 aliphatic rings. The Hall–Kier alpha value is -3.18. The van der Waals surface area contributed by atoms with Crippen LogP contribution in [0.15, 0.2) is 65.7 Å². The second-order valence-electron chi connectivity index (χ2n) is 7.44. The van der Waals surface area contributed by atoms with E-state index in [1.165, 1.54) is 61.8 Å². The number of aliphatic hydroxyl groups is 2. The molecule has 0 fully saturated rings. The number of halogens is 5. The minimum absolute atomic E-state index is 0.103. The summed E-state index contributed by atoms with van der Waals surface area (Å²) in [5.74, 6) is -5.15. The van der Waals surface area contributed by atoms with Gasteiger partial charge in [-0.15, -0.1) is 0 Å². The first-order chi connectivity index (χ1) is 15.5. The molecule has 0 aliphatic carbocycles. The van der Waals surface area contributed by atoms with Gasteiger partial charge in [0.1, 0.15) is 17.2 Å². The van der Waals surface area contributed by atoms with E-state index in [-0.39, 0.29) is 17.0 Å². The second-order valence-corrected chi connectivity index (χ2v) is 7.44. The van der Waals surface area contributed by atoms with Gasteiger partial charge in [-0.3, -0.25) is 9.13 Å². The third kappa shape index (κ3) is 4.79. The minimum Gasteiger partial charge on any atom is -0.487 e. The van der Waals surface area contributed by atoms with Gasteiger partial charge < -0.3 is 14.9 Å². The van der Waals surface area contributed by atoms with Crippen LogP contribution in [-0.4, -0.2) is 44.9 Å². The van der Waals surface area contributed by atoms with Gasteiger partial charge in [-0.2, -0.15) is 8.78 Å². The Bertz CT molecular complexity index is 1150. The molecule has 0 aliphatic heterocycles. The van der Waals surface area contributed by atoms with Crippen molar-refractivity contribution in [2.45, 2.75) is 30.9 Å². The molecule has 0 unspecified atom stereocenters. The van der Waals surface area contributed by atoms with Gasteiger partial charge in [-0.1, -0.05) is 18.2 Å². The van der Waals surface area contributed by atoms with Crippen LogP contribution in [0.3, 0.4) is 0 Å². The lowest BCUT2D eigenvalue weighted by Gasteiger charge is -2.33. The fraction of sp³-hybridized carbons (Fsp3) is 0.318. The van der Waals surface area contributed by atoms with Gasteiger partial charge in [-0.05, 0) is 37.3 Å². The molecule has 0 saturated carbocycles. The monoisotopic (exact) mass is 472 g/mol. The molecule has 6 nitrogen and oxygen atoms in total. The van der Waals surface area contributed by atoms with Gasteiger partial charge in [-0.25, -0.2) is 18.0 Å². The van der Waals surface area contributed by atoms with E-state index in [0.29, 0.717) is 0 Å². The zero-order valence-corrected chi connectivity index (χ0v) is 17.3. The van der Waals surface area contributed by atoms with Crippen LogP contribution in [0.2, 0.25) is 0 Å². The van der Waals surface area contributed by atoms with E-state index in [9.17, 15) is 37.0 Å². The molecule has 0 radical (unpaired) electrons. The average molecular weight is 472 g/mol. The SMILES string of the molecule is C[C@@H](n1ccn(-c2ccc(OCC(F)(F)C(F)F)cc2)c1=O)[C@](O)(CO)c1ccccc1F. The molecule has 1 aromatic heterocycles. The topological polar surface area (TPSA) is 76.6 Å². The summed E-state index contributed by atoms with van der Waals surface area (Å²) >= 11 is 0. The van der Waals surface area contributed by atoms with Crippen molar-refractivity contribution in [3.8, 4) is 11.4 Å². The Balaban J connectivity index is 1.85. The van der Waals surface area contributed by atoms with Crippen molar-refractivity contribution >= 4 is 0 Å². The van der Waals surface area contributed by atoms with Crippen LogP contribution in [0.1, 0.15) is 18.5 Å². The summed E-state index contributed by atoms with van der Waals surface area (Å²) in [6.07, 6.45) is -1.17. The number of aliphatic hydroxyl groups excluding tert-OH is 1. The summed E-state index contributed by atoms with van der Waals surface area (Å²) in [6.45, 7) is -0.926. The number of hydrogen-bond donors (Lipinski definition) is 2. The molecule has 0 amide bonds. The summed E-state index contributed by atoms with van der Waals surface area (Å²) in [5.41, 5.74) is -2.63. The van der Waals surface area contributed by atoms with Crippen molar-refractivity contribution in [2.75, 3.05) is 13.2 Å². The standard InChI is InChI=1S/C22H21F5N2O4/c1-14(21(32,12-30)17-4-2-3-5-18(17)23)28-10-11-29(20(28)31)15-6-8-16(9-7-15)33-13-22(26,27)19(24)25/h2-11,14,19,30,32H,12-13H2,1H3/t14-,21-/m1/s1. The van der Waals surface area contributed by atoms with Crippen LogP contribution in [0.4, 0.5) is 22.0 Å². The lowest BCUT2D eigenvalue weighted by molar-refractivity contribution is -0.148. The third-order valence-electron chi connectivity index (χ3n) is 5.36. The maximum atomic E-state index is 14.3. The maximum absolute atomic E-state index is 14.3. The van der Waals surface area contributed by atoms with Crippen molar-refractivity contribution in [1.82, 2.24) is 9.13 Å². The normalized spacial score (nSPS) is 14.8. The Morgan fingerprint density at radius 1 is 1.06 bits per heavy atom. The molecule has 0 bridgehead atoms. The van der Waals surface area contributed by atoms with Crippen LogP contribution >= 0.6 is 0 Å². The van der Waals surface area contributed by atoms with Crippen molar-refractivity contribution in [3.63, 3.8) is 0 Å². The number of imidazole rings is 1. The largest absolute Gasteiger partial charge is 0.487 e. The lowest BCUT2D eigenvalue weighted by atomic mass is 9.87. The van der Waals surface area contributed by atoms with Gasteiger partial charge in [0.2, 0.25) is 0 Å². The fourth-order valence-electron chi connectivity index (χ4n) is 3.31. The number of benzene rings is 2. The zero-order chi connectivity index (χ0) is 24.4. The Labute approximate surface area is 185 Å². The van der Waals surface area contributed by atoms with E-state index in [1.807, 2.05) is 0 Å². The van der Waals surface area contributed by atoms with E-state index < -0.39 is 48.7 Å². The smallest absolute Gasteiger partial charge is 0.340 e. The van der Waals surface area contributed by atoms with E-state index in [0.717, 1.165) is 15.2 Å². The Morgan fingerprint density at radius 2 is 1.70 bits per heavy atom. The first-order valence-corrected chi connectivity index (χ1v) is 9.78. The van der Waals surface area contributed by atoms with Crippen molar-refractivity contribution in [2.24, 2.45) is 0 Å². The molecule has 2 atom stereocenters. The van der Waals surface area contributed by atoms with E-state index in [4.69, 9.17) is 4.74 Å². The van der Waals surface area contributed by atoms with Crippen molar-refractivity contribution < 1.29 is 36.9 Å². The predicted molar refractivity (Wildman–Crippen MR) is 109 cm³/mol. The maximum Gasteiger partial charge on any atom is 0.340 e. The molecule has 11 heteroatoms. The van der Waals surface area contributed by atoms with Crippen molar-refractivity contribution in [3.05, 3.63) is 82.8 Å². The number of nitrogens with zero attached hydrogens (tertiary/aromatic N) is 2. The number of aromatic nitrogens is 2. The Kier molecular flexibility index (Phi) is 6.94. The molecule has 2 aromatic carbocycles. The third-order valence-corrected chi connectivity index (χ3v) is 5.36. The molecule has 1 heterocycles. The quantitative estimate of drug-likeness (QED) is 0.468. The highest BCUT2D eigenvalue weighted by Gasteiger charge is 2.42. The van der Waals surface area contributed by atoms with Crippen molar-refractivity contribution in [1.29, 1.82) is 0 Å². The molecular weight excluding hydrogens is 451 g/mol. The van der Waals surface area contributed by atoms with Crippen LogP contribution in [0.25, 0.3) is 5.69 Å². The molecule has 3 aromatic rings. The van der Waals surface area contributed by atoms with Crippen LogP contribution in [0.5, 0.6) is 5.75 Å². The van der Waals surface area contributed by atoms with Crippen LogP contribution in [-0.2, 0) is 5.60 Å². The second kappa shape index (κ2) is 9.36. The van der Waals surface area contributed by atoms with Gasteiger partial charge in [0.25, 0.3) is 0 Å². The minimum atomic E-state index is -4.30. The highest BCUT2D eigenvalue weighted by atomic mass is 19.3. The average Bonchev–Trinajstić information content (AvgIpc) is 3.18. The summed E-state index contributed by atoms with van der Waals surface area (Å²) < 4.78 is 71.7. The molecule has 33 heavy (non-hydrogen) atoms. The van der Waals surface area contributed by atoms with Gasteiger partial charge >= 0.3 is 18.0 Å². The lowest BCUT2D eigenvalue weighted by Crippen LogP contribution is -2.43. The molecular formula is C22H21F5N2O4. The predicted octanol–water partition coefficient (Wildman–Crippen LogP) is 3.50. The van der Waals surface area contributed by atoms with E-state index in [1.54, 1.807) is 0 Å². The fourth-order valence-corrected chi connectivity index (χ4v) is 3.31. The van der Waals surface area contributed by atoms with Gasteiger partial charge in [0, 0.05) is 18.0 Å². The first-order valence-electron chi connectivity index (χ1n) is 9.78. The highest BCUT2D eigenvalue weighted by Crippen LogP contribution is 2.34. The van der Waals surface area contributed by atoms with E-state index in [2.05, 4.69) is 0 Å². The summed E-state index contributed by atoms with van der Waals surface area (Å²) in [7, 11) is 0. The molecule has 2 N–H and O–H groups in total. The van der Waals surface area contributed by atoms with E-state index >= 15 is 0 Å². The number of ether oxygens (including phenoxy) is 1. The number of rotatable bonds is 9. The number of alkyl halides is 4. The molecule has 178 valence electrons.